The molecule has 5 heteroatoms. The summed E-state index contributed by atoms with van der Waals surface area (Å²) in [4.78, 5) is 11.5. The topological polar surface area (TPSA) is 62.1 Å². The number of carbonyl (C=O) groups excluding carboxylic acids is 1. The van der Waals surface area contributed by atoms with Crippen molar-refractivity contribution in [3.05, 3.63) is 34.9 Å². The highest BCUT2D eigenvalue weighted by Gasteiger charge is 2.31. The number of hydrazone groups is 1. The van der Waals surface area contributed by atoms with Crippen molar-refractivity contribution in [1.29, 1.82) is 0 Å². The molecule has 1 aliphatic rings. The van der Waals surface area contributed by atoms with Crippen LogP contribution in [-0.2, 0) is 4.74 Å². The van der Waals surface area contributed by atoms with E-state index in [0.29, 0.717) is 16.7 Å². The van der Waals surface area contributed by atoms with E-state index in [4.69, 9.17) is 4.74 Å². The molecule has 0 saturated carbocycles. The van der Waals surface area contributed by atoms with Crippen LogP contribution in [0.1, 0.15) is 27.8 Å². The molecule has 1 aromatic rings. The lowest BCUT2D eigenvalue weighted by atomic mass is 10.0. The molecule has 2 rings (SSSR count). The molecule has 0 saturated heterocycles. The number of aliphatic hydroxyl groups is 1. The Morgan fingerprint density at radius 3 is 2.94 bits per heavy atom. The van der Waals surface area contributed by atoms with Crippen molar-refractivity contribution >= 4 is 12.2 Å². The Balaban J connectivity index is 2.45. The van der Waals surface area contributed by atoms with Crippen LogP contribution in [0.15, 0.2) is 23.3 Å². The number of ether oxygens (including phenoxy) is 1. The van der Waals surface area contributed by atoms with Crippen LogP contribution in [0.25, 0.3) is 0 Å². The maximum absolute atomic E-state index is 11.5. The van der Waals surface area contributed by atoms with Crippen molar-refractivity contribution in [3.8, 4) is 0 Å². The Bertz CT molecular complexity index is 455. The van der Waals surface area contributed by atoms with Gasteiger partial charge in [0.05, 0.1) is 11.8 Å². The minimum Gasteiger partial charge on any atom is -0.428 e. The van der Waals surface area contributed by atoms with Crippen molar-refractivity contribution in [3.63, 3.8) is 0 Å². The lowest BCUT2D eigenvalue weighted by molar-refractivity contribution is -0.0547. The number of cyclic esters (lactones) is 1. The van der Waals surface area contributed by atoms with Crippen LogP contribution in [0.2, 0.25) is 0 Å². The molecule has 1 aliphatic heterocycles. The van der Waals surface area contributed by atoms with Gasteiger partial charge in [-0.3, -0.25) is 0 Å². The van der Waals surface area contributed by atoms with Crippen LogP contribution in [-0.4, -0.2) is 36.4 Å². The van der Waals surface area contributed by atoms with Gasteiger partial charge in [-0.25, -0.2) is 4.79 Å². The van der Waals surface area contributed by atoms with Gasteiger partial charge in [0.25, 0.3) is 0 Å². The lowest BCUT2D eigenvalue weighted by Gasteiger charge is -2.04. The zero-order valence-electron chi connectivity index (χ0n) is 9.04. The molecular weight excluding hydrogens is 208 g/mol. The van der Waals surface area contributed by atoms with E-state index in [1.54, 1.807) is 43.5 Å². The summed E-state index contributed by atoms with van der Waals surface area (Å²) in [6.45, 7) is 0. The smallest absolute Gasteiger partial charge is 0.341 e. The third-order valence-corrected chi connectivity index (χ3v) is 2.25. The number of nitrogens with zero attached hydrogens (tertiary/aromatic N) is 2. The zero-order valence-corrected chi connectivity index (χ0v) is 9.04. The number of aliphatic hydroxyl groups excluding tert-OH is 1. The largest absolute Gasteiger partial charge is 0.428 e. The molecule has 1 N–H and O–H groups in total. The summed E-state index contributed by atoms with van der Waals surface area (Å²) < 4.78 is 4.72. The maximum Gasteiger partial charge on any atom is 0.341 e. The SMILES string of the molecule is CN(C)/N=C\c1cccc2c1C(=O)OC2O. The summed E-state index contributed by atoms with van der Waals surface area (Å²) in [7, 11) is 3.57. The fraction of sp³-hybridized carbons (Fsp3) is 0.273. The van der Waals surface area contributed by atoms with Gasteiger partial charge in [-0.2, -0.15) is 5.10 Å². The van der Waals surface area contributed by atoms with E-state index in [2.05, 4.69) is 5.10 Å². The number of rotatable bonds is 2. The predicted octanol–water partition coefficient (Wildman–Crippen LogP) is 0.743. The van der Waals surface area contributed by atoms with E-state index in [1.807, 2.05) is 0 Å². The molecule has 1 atom stereocenters. The van der Waals surface area contributed by atoms with E-state index in [9.17, 15) is 9.90 Å². The number of benzene rings is 1. The fourth-order valence-corrected chi connectivity index (χ4v) is 1.54. The molecule has 5 nitrogen and oxygen atoms in total. The minimum atomic E-state index is -1.16. The first-order chi connectivity index (χ1) is 7.59. The number of fused-ring (bicyclic) bond motifs is 1. The van der Waals surface area contributed by atoms with Gasteiger partial charge in [-0.1, -0.05) is 18.2 Å². The van der Waals surface area contributed by atoms with Crippen LogP contribution < -0.4 is 0 Å². The van der Waals surface area contributed by atoms with Crippen molar-refractivity contribution in [2.24, 2.45) is 5.10 Å². The lowest BCUT2D eigenvalue weighted by Crippen LogP contribution is -2.04. The summed E-state index contributed by atoms with van der Waals surface area (Å²) in [5.41, 5.74) is 1.53. The van der Waals surface area contributed by atoms with Gasteiger partial charge in [0.1, 0.15) is 0 Å². The standard InChI is InChI=1S/C11H12N2O3/c1-13(2)12-6-7-4-3-5-8-9(7)11(15)16-10(8)14/h3-6,10,14H,1-2H3/b12-6-. The fourth-order valence-electron chi connectivity index (χ4n) is 1.54. The average Bonchev–Trinajstić information content (AvgIpc) is 2.52. The molecular formula is C11H12N2O3. The van der Waals surface area contributed by atoms with Gasteiger partial charge in [0.2, 0.25) is 6.29 Å². The summed E-state index contributed by atoms with van der Waals surface area (Å²) in [6, 6.07) is 5.17. The highest BCUT2D eigenvalue weighted by atomic mass is 16.6. The van der Waals surface area contributed by atoms with E-state index in [1.165, 1.54) is 0 Å². The number of hydrogen-bond acceptors (Lipinski definition) is 5. The summed E-state index contributed by atoms with van der Waals surface area (Å²) in [5.74, 6) is -0.511. The Labute approximate surface area is 92.9 Å². The highest BCUT2D eigenvalue weighted by Crippen LogP contribution is 2.30. The first kappa shape index (κ1) is 10.6. The predicted molar refractivity (Wildman–Crippen MR) is 58.1 cm³/mol. The van der Waals surface area contributed by atoms with Gasteiger partial charge in [0, 0.05) is 25.2 Å². The quantitative estimate of drug-likeness (QED) is 0.453. The monoisotopic (exact) mass is 220 g/mol. The third-order valence-electron chi connectivity index (χ3n) is 2.25. The first-order valence-corrected chi connectivity index (χ1v) is 4.83. The van der Waals surface area contributed by atoms with Gasteiger partial charge in [0.15, 0.2) is 0 Å². The summed E-state index contributed by atoms with van der Waals surface area (Å²) >= 11 is 0. The molecule has 0 aromatic heterocycles. The van der Waals surface area contributed by atoms with Gasteiger partial charge in [-0.15, -0.1) is 0 Å². The van der Waals surface area contributed by atoms with Crippen LogP contribution in [0.3, 0.4) is 0 Å². The number of carbonyl (C=O) groups is 1. The second-order valence-corrected chi connectivity index (χ2v) is 3.66. The molecule has 0 bridgehead atoms. The Kier molecular flexibility index (Phi) is 2.62. The normalized spacial score (nSPS) is 18.7. The molecule has 0 fully saturated rings. The highest BCUT2D eigenvalue weighted by molar-refractivity contribution is 6.02. The maximum atomic E-state index is 11.5. The van der Waals surface area contributed by atoms with Crippen LogP contribution in [0.5, 0.6) is 0 Å². The molecule has 1 aromatic carbocycles. The molecule has 1 heterocycles. The zero-order chi connectivity index (χ0) is 11.7. The molecule has 1 unspecified atom stereocenters. The van der Waals surface area contributed by atoms with E-state index in [0.717, 1.165) is 0 Å². The van der Waals surface area contributed by atoms with Crippen molar-refractivity contribution in [1.82, 2.24) is 5.01 Å². The van der Waals surface area contributed by atoms with Gasteiger partial charge < -0.3 is 14.9 Å². The Morgan fingerprint density at radius 1 is 1.50 bits per heavy atom. The van der Waals surface area contributed by atoms with Crippen molar-refractivity contribution in [2.75, 3.05) is 14.1 Å². The van der Waals surface area contributed by atoms with Crippen LogP contribution in [0, 0.1) is 0 Å². The molecule has 0 spiro atoms. The van der Waals surface area contributed by atoms with Crippen LogP contribution >= 0.6 is 0 Å². The second kappa shape index (κ2) is 3.94. The number of hydrogen-bond donors (Lipinski definition) is 1. The van der Waals surface area contributed by atoms with Crippen molar-refractivity contribution in [2.45, 2.75) is 6.29 Å². The Hall–Kier alpha value is -1.88. The summed E-state index contributed by atoms with van der Waals surface area (Å²) in [6.07, 6.45) is 0.410. The number of esters is 1. The molecule has 0 aliphatic carbocycles. The minimum absolute atomic E-state index is 0.389. The average molecular weight is 220 g/mol. The van der Waals surface area contributed by atoms with E-state index >= 15 is 0 Å². The Morgan fingerprint density at radius 2 is 2.25 bits per heavy atom. The van der Waals surface area contributed by atoms with Crippen molar-refractivity contribution < 1.29 is 14.6 Å². The molecule has 0 radical (unpaired) electrons. The van der Waals surface area contributed by atoms with E-state index in [-0.39, 0.29) is 0 Å². The van der Waals surface area contributed by atoms with Gasteiger partial charge in [-0.05, 0) is 0 Å². The molecule has 0 amide bonds. The van der Waals surface area contributed by atoms with Gasteiger partial charge >= 0.3 is 5.97 Å². The molecule has 16 heavy (non-hydrogen) atoms. The second-order valence-electron chi connectivity index (χ2n) is 3.66. The summed E-state index contributed by atoms with van der Waals surface area (Å²) in [5, 5.41) is 15.1. The third kappa shape index (κ3) is 1.77. The first-order valence-electron chi connectivity index (χ1n) is 4.83. The van der Waals surface area contributed by atoms with E-state index < -0.39 is 12.3 Å². The van der Waals surface area contributed by atoms with Crippen LogP contribution in [0.4, 0.5) is 0 Å². The molecule has 84 valence electrons.